The number of nitrogens with zero attached hydrogens (tertiary/aromatic N) is 1. The molecule has 0 amide bonds. The number of ether oxygens (including phenoxy) is 4. The molecule has 0 aromatic heterocycles. The second kappa shape index (κ2) is 9.21. The Balaban J connectivity index is 1.54. The Bertz CT molecular complexity index is 856. The van der Waals surface area contributed by atoms with Crippen molar-refractivity contribution < 1.29 is 23.8 Å². The number of hydroxylamine groups is 2. The first kappa shape index (κ1) is 25.6. The van der Waals surface area contributed by atoms with Crippen LogP contribution in [0.1, 0.15) is 73.0 Å². The summed E-state index contributed by atoms with van der Waals surface area (Å²) in [6.45, 7) is 22.3. The largest absolute Gasteiger partial charge is 0.491 e. The molecule has 0 bridgehead atoms. The van der Waals surface area contributed by atoms with Crippen molar-refractivity contribution in [2.45, 2.75) is 90.4 Å². The van der Waals surface area contributed by atoms with Crippen molar-refractivity contribution in [3.63, 3.8) is 0 Å². The summed E-state index contributed by atoms with van der Waals surface area (Å²) in [5.41, 5.74) is 0.339. The Hall–Kier alpha value is -1.44. The molecule has 1 aromatic carbocycles. The number of benzene rings is 1. The van der Waals surface area contributed by atoms with Crippen LogP contribution in [0.2, 0.25) is 0 Å². The van der Waals surface area contributed by atoms with E-state index < -0.39 is 11.3 Å². The van der Waals surface area contributed by atoms with Gasteiger partial charge in [0, 0.05) is 17.8 Å². The van der Waals surface area contributed by atoms with Crippen LogP contribution in [0.5, 0.6) is 5.75 Å². The molecule has 3 aliphatic rings. The molecule has 1 spiro atoms. The molecule has 0 radical (unpaired) electrons. The fraction of sp³-hybridized carbons (Fsp3) is 0.714. The maximum Gasteiger partial charge on any atom is 0.174 e. The quantitative estimate of drug-likeness (QED) is 0.358. The lowest BCUT2D eigenvalue weighted by Crippen LogP contribution is -2.73. The van der Waals surface area contributed by atoms with Gasteiger partial charge in [-0.1, -0.05) is 45.9 Å². The topological polar surface area (TPSA) is 52.7 Å². The van der Waals surface area contributed by atoms with E-state index in [1.165, 1.54) is 0 Å². The summed E-state index contributed by atoms with van der Waals surface area (Å²) in [7, 11) is 0. The summed E-state index contributed by atoms with van der Waals surface area (Å²) >= 11 is 0. The third-order valence-electron chi connectivity index (χ3n) is 8.15. The van der Waals surface area contributed by atoms with Crippen molar-refractivity contribution >= 4 is 0 Å². The number of hydrogen-bond acceptors (Lipinski definition) is 6. The standard InChI is InChI=1S/C28H43NO5/c1-9-26(7)17-28(32-18-25(5,6)19-33-28)21(4)27(8,10-2)29(26)34-20(3)22-11-13-23(14-12-22)30-15-24-16-31-24/h9,11-14,20-21,24H,1,10,15-19H2,2-8H3. The van der Waals surface area contributed by atoms with E-state index in [4.69, 9.17) is 23.8 Å². The zero-order valence-electron chi connectivity index (χ0n) is 22.1. The monoisotopic (exact) mass is 473 g/mol. The Morgan fingerprint density at radius 2 is 1.76 bits per heavy atom. The molecule has 3 fully saturated rings. The highest BCUT2D eigenvalue weighted by Gasteiger charge is 2.63. The smallest absolute Gasteiger partial charge is 0.174 e. The van der Waals surface area contributed by atoms with Crippen molar-refractivity contribution in [3.05, 3.63) is 42.5 Å². The van der Waals surface area contributed by atoms with Crippen LogP contribution in [-0.4, -0.2) is 54.5 Å². The van der Waals surface area contributed by atoms with Crippen LogP contribution in [-0.2, 0) is 19.0 Å². The van der Waals surface area contributed by atoms with Gasteiger partial charge in [0.25, 0.3) is 0 Å². The molecule has 190 valence electrons. The highest BCUT2D eigenvalue weighted by atomic mass is 16.7. The van der Waals surface area contributed by atoms with Crippen LogP contribution in [0.3, 0.4) is 0 Å². The molecular formula is C28H43NO5. The Labute approximate surface area is 205 Å². The Morgan fingerprint density at radius 3 is 2.29 bits per heavy atom. The molecule has 5 atom stereocenters. The molecule has 3 heterocycles. The molecule has 6 nitrogen and oxygen atoms in total. The lowest BCUT2D eigenvalue weighted by molar-refractivity contribution is -0.408. The maximum absolute atomic E-state index is 6.77. The fourth-order valence-electron chi connectivity index (χ4n) is 5.28. The molecule has 4 rings (SSSR count). The van der Waals surface area contributed by atoms with E-state index in [1.54, 1.807) is 0 Å². The summed E-state index contributed by atoms with van der Waals surface area (Å²) in [4.78, 5) is 6.77. The van der Waals surface area contributed by atoms with Gasteiger partial charge >= 0.3 is 0 Å². The molecule has 3 aliphatic heterocycles. The zero-order valence-corrected chi connectivity index (χ0v) is 22.1. The van der Waals surface area contributed by atoms with Crippen molar-refractivity contribution in [3.8, 4) is 5.75 Å². The molecule has 6 heteroatoms. The third-order valence-corrected chi connectivity index (χ3v) is 8.15. The van der Waals surface area contributed by atoms with Crippen LogP contribution < -0.4 is 4.74 Å². The number of hydrogen-bond donors (Lipinski definition) is 0. The summed E-state index contributed by atoms with van der Waals surface area (Å²) in [6, 6.07) is 8.16. The van der Waals surface area contributed by atoms with E-state index >= 15 is 0 Å². The maximum atomic E-state index is 6.77. The first-order chi connectivity index (χ1) is 16.0. The summed E-state index contributed by atoms with van der Waals surface area (Å²) in [6.07, 6.45) is 3.65. The first-order valence-corrected chi connectivity index (χ1v) is 12.7. The second-order valence-corrected chi connectivity index (χ2v) is 11.6. The average molecular weight is 474 g/mol. The summed E-state index contributed by atoms with van der Waals surface area (Å²) in [5.74, 6) is 0.293. The summed E-state index contributed by atoms with van der Waals surface area (Å²) < 4.78 is 24.1. The third kappa shape index (κ3) is 4.80. The first-order valence-electron chi connectivity index (χ1n) is 12.7. The highest BCUT2D eigenvalue weighted by molar-refractivity contribution is 5.28. The van der Waals surface area contributed by atoms with Gasteiger partial charge in [0.15, 0.2) is 5.79 Å². The van der Waals surface area contributed by atoms with Crippen LogP contribution in [0.15, 0.2) is 36.9 Å². The molecule has 5 unspecified atom stereocenters. The van der Waals surface area contributed by atoms with E-state index in [1.807, 2.05) is 18.2 Å². The molecule has 0 aliphatic carbocycles. The van der Waals surface area contributed by atoms with Gasteiger partial charge in [-0.2, -0.15) is 5.06 Å². The molecule has 0 N–H and O–H groups in total. The van der Waals surface area contributed by atoms with Gasteiger partial charge in [0.05, 0.1) is 30.9 Å². The predicted octanol–water partition coefficient (Wildman–Crippen LogP) is 5.68. The van der Waals surface area contributed by atoms with Gasteiger partial charge in [0.2, 0.25) is 0 Å². The molecule has 1 aromatic rings. The zero-order chi connectivity index (χ0) is 24.8. The van der Waals surface area contributed by atoms with Crippen LogP contribution in [0.25, 0.3) is 0 Å². The number of epoxide rings is 1. The average Bonchev–Trinajstić information content (AvgIpc) is 3.66. The van der Waals surface area contributed by atoms with Crippen LogP contribution in [0, 0.1) is 11.3 Å². The second-order valence-electron chi connectivity index (χ2n) is 11.6. The molecule has 0 saturated carbocycles. The van der Waals surface area contributed by atoms with Crippen LogP contribution in [0.4, 0.5) is 0 Å². The van der Waals surface area contributed by atoms with Crippen molar-refractivity contribution in [1.82, 2.24) is 5.06 Å². The van der Waals surface area contributed by atoms with Gasteiger partial charge < -0.3 is 18.9 Å². The van der Waals surface area contributed by atoms with E-state index in [2.05, 4.69) is 72.2 Å². The summed E-state index contributed by atoms with van der Waals surface area (Å²) in [5, 5.41) is 2.18. The Morgan fingerprint density at radius 1 is 1.15 bits per heavy atom. The lowest BCUT2D eigenvalue weighted by atomic mass is 9.67. The van der Waals surface area contributed by atoms with Crippen LogP contribution >= 0.6 is 0 Å². The minimum atomic E-state index is -0.656. The van der Waals surface area contributed by atoms with E-state index in [0.29, 0.717) is 26.2 Å². The fourth-order valence-corrected chi connectivity index (χ4v) is 5.28. The van der Waals surface area contributed by atoms with Crippen molar-refractivity contribution in [2.75, 3.05) is 26.4 Å². The van der Waals surface area contributed by atoms with Gasteiger partial charge in [-0.25, -0.2) is 0 Å². The van der Waals surface area contributed by atoms with Crippen molar-refractivity contribution in [2.24, 2.45) is 11.3 Å². The minimum absolute atomic E-state index is 0.0157. The number of rotatable bonds is 8. The van der Waals surface area contributed by atoms with E-state index in [9.17, 15) is 0 Å². The van der Waals surface area contributed by atoms with Gasteiger partial charge in [-0.3, -0.25) is 4.84 Å². The predicted molar refractivity (Wildman–Crippen MR) is 133 cm³/mol. The van der Waals surface area contributed by atoms with E-state index in [0.717, 1.165) is 24.3 Å². The lowest BCUT2D eigenvalue weighted by Gasteiger charge is -2.63. The van der Waals surface area contributed by atoms with Gasteiger partial charge in [-0.15, -0.1) is 6.58 Å². The molecule has 34 heavy (non-hydrogen) atoms. The molecular weight excluding hydrogens is 430 g/mol. The highest BCUT2D eigenvalue weighted by Crippen LogP contribution is 2.54. The van der Waals surface area contributed by atoms with E-state index in [-0.39, 0.29) is 29.1 Å². The van der Waals surface area contributed by atoms with Gasteiger partial charge in [0.1, 0.15) is 24.6 Å². The SMILES string of the molecule is C=CC1(C)CC2(OCC(C)(C)CO2)C(C)C(C)(CC)N1OC(C)c1ccc(OCC2CO2)cc1. The normalized spacial score (nSPS) is 35.6. The Kier molecular flexibility index (Phi) is 6.95. The van der Waals surface area contributed by atoms with Crippen molar-refractivity contribution in [1.29, 1.82) is 0 Å². The van der Waals surface area contributed by atoms with Gasteiger partial charge in [-0.05, 0) is 44.9 Å². The number of piperidine rings is 1. The minimum Gasteiger partial charge on any atom is -0.491 e. The molecule has 3 saturated heterocycles.